The molecule has 1 aromatic carbocycles. The van der Waals surface area contributed by atoms with Gasteiger partial charge in [-0.2, -0.15) is 0 Å². The lowest BCUT2D eigenvalue weighted by atomic mass is 10.1. The molecular weight excluding hydrogens is 376 g/mol. The number of hydrogen-bond donors (Lipinski definition) is 1. The number of anilines is 1. The van der Waals surface area contributed by atoms with Gasteiger partial charge in [-0.25, -0.2) is 4.98 Å². The Labute approximate surface area is 170 Å². The van der Waals surface area contributed by atoms with Crippen LogP contribution in [0.3, 0.4) is 0 Å². The summed E-state index contributed by atoms with van der Waals surface area (Å²) in [6.45, 7) is 5.02. The molecule has 1 N–H and O–H groups in total. The molecule has 1 aromatic heterocycles. The van der Waals surface area contributed by atoms with Crippen LogP contribution < -0.4 is 10.1 Å². The van der Waals surface area contributed by atoms with Crippen molar-refractivity contribution in [3.05, 3.63) is 40.4 Å². The zero-order valence-corrected chi connectivity index (χ0v) is 17.9. The Hall–Kier alpha value is -2.45. The summed E-state index contributed by atoms with van der Waals surface area (Å²) in [4.78, 5) is 34.2. The molecule has 0 unspecified atom stereocenters. The van der Waals surface area contributed by atoms with E-state index in [1.54, 1.807) is 12.0 Å². The predicted molar refractivity (Wildman–Crippen MR) is 112 cm³/mol. The maximum absolute atomic E-state index is 12.8. The fourth-order valence-electron chi connectivity index (χ4n) is 2.50. The fourth-order valence-corrected chi connectivity index (χ4v) is 3.33. The van der Waals surface area contributed by atoms with Crippen molar-refractivity contribution in [3.8, 4) is 5.75 Å². The summed E-state index contributed by atoms with van der Waals surface area (Å²) in [6, 6.07) is 7.38. The number of nitrogens with one attached hydrogen (secondary N) is 1. The fraction of sp³-hybridized carbons (Fsp3) is 0.450. The highest BCUT2D eigenvalue weighted by Crippen LogP contribution is 2.21. The van der Waals surface area contributed by atoms with Crippen LogP contribution >= 0.6 is 11.3 Å². The molecule has 0 saturated heterocycles. The van der Waals surface area contributed by atoms with E-state index in [1.807, 2.05) is 57.1 Å². The van der Waals surface area contributed by atoms with Crippen molar-refractivity contribution in [1.82, 2.24) is 14.8 Å². The van der Waals surface area contributed by atoms with E-state index in [9.17, 15) is 9.59 Å². The SMILES string of the molecule is COc1ccc(CC(=O)N(CCN(C)C)CC(=O)Nc2nc(C)c(C)s2)cc1. The monoisotopic (exact) mass is 404 g/mol. The molecular formula is C20H28N4O3S. The number of ether oxygens (including phenoxy) is 1. The second-order valence-corrected chi connectivity index (χ2v) is 8.06. The third-order valence-electron chi connectivity index (χ3n) is 4.29. The molecule has 0 aliphatic carbocycles. The van der Waals surface area contributed by atoms with Gasteiger partial charge in [0.2, 0.25) is 11.8 Å². The minimum Gasteiger partial charge on any atom is -0.497 e. The number of benzene rings is 1. The summed E-state index contributed by atoms with van der Waals surface area (Å²) in [6.07, 6.45) is 0.236. The Kier molecular flexibility index (Phi) is 7.95. The quantitative estimate of drug-likeness (QED) is 0.694. The van der Waals surface area contributed by atoms with Crippen LogP contribution in [0.25, 0.3) is 0 Å². The van der Waals surface area contributed by atoms with E-state index < -0.39 is 0 Å². The zero-order valence-electron chi connectivity index (χ0n) is 17.1. The zero-order chi connectivity index (χ0) is 20.7. The van der Waals surface area contributed by atoms with Crippen molar-refractivity contribution < 1.29 is 14.3 Å². The first kappa shape index (κ1) is 21.8. The summed E-state index contributed by atoms with van der Waals surface area (Å²) in [5.41, 5.74) is 1.78. The molecule has 8 heteroatoms. The molecule has 0 spiro atoms. The Balaban J connectivity index is 2.02. The minimum atomic E-state index is -0.240. The van der Waals surface area contributed by atoms with Crippen LogP contribution in [0.2, 0.25) is 0 Å². The molecule has 2 amide bonds. The second-order valence-electron chi connectivity index (χ2n) is 6.85. The number of carbonyl (C=O) groups excluding carboxylic acids is 2. The lowest BCUT2D eigenvalue weighted by Crippen LogP contribution is -2.42. The van der Waals surface area contributed by atoms with Gasteiger partial charge in [0.05, 0.1) is 25.8 Å². The number of hydrogen-bond acceptors (Lipinski definition) is 6. The molecule has 0 fully saturated rings. The van der Waals surface area contributed by atoms with Crippen LogP contribution in [0, 0.1) is 13.8 Å². The number of nitrogens with zero attached hydrogens (tertiary/aromatic N) is 3. The number of amides is 2. The van der Waals surface area contributed by atoms with Crippen molar-refractivity contribution in [1.29, 1.82) is 0 Å². The maximum atomic E-state index is 12.8. The first-order chi connectivity index (χ1) is 13.3. The van der Waals surface area contributed by atoms with Gasteiger partial charge in [-0.15, -0.1) is 11.3 Å². The van der Waals surface area contributed by atoms with E-state index in [2.05, 4.69) is 10.3 Å². The van der Waals surface area contributed by atoms with Crippen LogP contribution in [-0.2, 0) is 16.0 Å². The van der Waals surface area contributed by atoms with Gasteiger partial charge in [0.1, 0.15) is 5.75 Å². The van der Waals surface area contributed by atoms with Gasteiger partial charge < -0.3 is 19.9 Å². The van der Waals surface area contributed by atoms with E-state index in [1.165, 1.54) is 11.3 Å². The summed E-state index contributed by atoms with van der Waals surface area (Å²) >= 11 is 1.44. The van der Waals surface area contributed by atoms with Crippen molar-refractivity contribution >= 4 is 28.3 Å². The van der Waals surface area contributed by atoms with Gasteiger partial charge in [-0.05, 0) is 45.6 Å². The highest BCUT2D eigenvalue weighted by atomic mass is 32.1. The number of aromatic nitrogens is 1. The molecule has 0 radical (unpaired) electrons. The first-order valence-corrected chi connectivity index (χ1v) is 9.89. The molecule has 28 heavy (non-hydrogen) atoms. The van der Waals surface area contributed by atoms with Crippen LogP contribution in [-0.4, -0.2) is 67.4 Å². The average molecular weight is 405 g/mol. The van der Waals surface area contributed by atoms with Crippen LogP contribution in [0.4, 0.5) is 5.13 Å². The van der Waals surface area contributed by atoms with E-state index in [-0.39, 0.29) is 24.8 Å². The minimum absolute atomic E-state index is 0.000499. The molecule has 0 saturated carbocycles. The van der Waals surface area contributed by atoms with Crippen molar-refractivity contribution in [2.24, 2.45) is 0 Å². The third kappa shape index (κ3) is 6.61. The molecule has 1 heterocycles. The number of likely N-dealkylation sites (N-methyl/N-ethyl adjacent to an activating group) is 1. The molecule has 0 atom stereocenters. The van der Waals surface area contributed by atoms with Crippen molar-refractivity contribution in [2.45, 2.75) is 20.3 Å². The number of methoxy groups -OCH3 is 1. The number of thiazole rings is 1. The van der Waals surface area contributed by atoms with Crippen LogP contribution in [0.15, 0.2) is 24.3 Å². The lowest BCUT2D eigenvalue weighted by Gasteiger charge is -2.24. The maximum Gasteiger partial charge on any atom is 0.245 e. The summed E-state index contributed by atoms with van der Waals surface area (Å²) in [5.74, 6) is 0.415. The van der Waals surface area contributed by atoms with Crippen molar-refractivity contribution in [3.63, 3.8) is 0 Å². The van der Waals surface area contributed by atoms with Gasteiger partial charge in [-0.3, -0.25) is 9.59 Å². The summed E-state index contributed by atoms with van der Waals surface area (Å²) in [5, 5.41) is 3.36. The van der Waals surface area contributed by atoms with E-state index >= 15 is 0 Å². The summed E-state index contributed by atoms with van der Waals surface area (Å²) < 4.78 is 5.15. The highest BCUT2D eigenvalue weighted by Gasteiger charge is 2.19. The average Bonchev–Trinajstić information content (AvgIpc) is 2.96. The topological polar surface area (TPSA) is 74.8 Å². The molecule has 0 bridgehead atoms. The van der Waals surface area contributed by atoms with Crippen LogP contribution in [0.1, 0.15) is 16.1 Å². The van der Waals surface area contributed by atoms with Crippen molar-refractivity contribution in [2.75, 3.05) is 46.2 Å². The molecule has 2 rings (SSSR count). The first-order valence-electron chi connectivity index (χ1n) is 9.07. The Morgan fingerprint density at radius 2 is 1.82 bits per heavy atom. The third-order valence-corrected chi connectivity index (χ3v) is 5.28. The molecule has 152 valence electrons. The molecule has 0 aliphatic heterocycles. The molecule has 7 nitrogen and oxygen atoms in total. The van der Waals surface area contributed by atoms with E-state index in [0.29, 0.717) is 18.2 Å². The number of rotatable bonds is 9. The largest absolute Gasteiger partial charge is 0.497 e. The Bertz CT molecular complexity index is 783. The van der Waals surface area contributed by atoms with E-state index in [4.69, 9.17) is 4.74 Å². The van der Waals surface area contributed by atoms with Crippen LogP contribution in [0.5, 0.6) is 5.75 Å². The predicted octanol–water partition coefficient (Wildman–Crippen LogP) is 2.34. The Morgan fingerprint density at radius 1 is 1.14 bits per heavy atom. The van der Waals surface area contributed by atoms with Gasteiger partial charge in [0, 0.05) is 18.0 Å². The van der Waals surface area contributed by atoms with Gasteiger partial charge in [0.25, 0.3) is 0 Å². The highest BCUT2D eigenvalue weighted by molar-refractivity contribution is 7.15. The number of carbonyl (C=O) groups is 2. The van der Waals surface area contributed by atoms with Gasteiger partial charge in [-0.1, -0.05) is 12.1 Å². The summed E-state index contributed by atoms with van der Waals surface area (Å²) in [7, 11) is 5.48. The standard InChI is InChI=1S/C20H28N4O3S/c1-14-15(2)28-20(21-14)22-18(25)13-24(11-10-23(3)4)19(26)12-16-6-8-17(27-5)9-7-16/h6-9H,10-13H2,1-5H3,(H,21,22,25). The van der Waals surface area contributed by atoms with Gasteiger partial charge in [0.15, 0.2) is 5.13 Å². The normalized spacial score (nSPS) is 10.8. The van der Waals surface area contributed by atoms with E-state index in [0.717, 1.165) is 21.9 Å². The van der Waals surface area contributed by atoms with Gasteiger partial charge >= 0.3 is 0 Å². The number of aryl methyl sites for hydroxylation is 2. The smallest absolute Gasteiger partial charge is 0.245 e. The second kappa shape index (κ2) is 10.2. The Morgan fingerprint density at radius 3 is 2.36 bits per heavy atom. The molecule has 0 aliphatic rings. The molecule has 2 aromatic rings. The lowest BCUT2D eigenvalue weighted by molar-refractivity contribution is -0.134.